The van der Waals surface area contributed by atoms with E-state index in [9.17, 15) is 5.11 Å². The van der Waals surface area contributed by atoms with Gasteiger partial charge in [0.25, 0.3) is 0 Å². The van der Waals surface area contributed by atoms with Gasteiger partial charge in [-0.2, -0.15) is 0 Å². The number of hydrogen-bond donors (Lipinski definition) is 1. The van der Waals surface area contributed by atoms with Crippen LogP contribution in [-0.4, -0.2) is 10.1 Å². The minimum Gasteiger partial charge on any atom is -0.385 e. The van der Waals surface area contributed by atoms with Crippen LogP contribution in [0.4, 0.5) is 0 Å². The highest BCUT2D eigenvalue weighted by molar-refractivity contribution is 5.38. The summed E-state index contributed by atoms with van der Waals surface area (Å²) in [5.41, 5.74) is 2.56. The fraction of sp³-hybridized carbons (Fsp3) is 0.267. The average molecular weight is 225 g/mol. The van der Waals surface area contributed by atoms with Crippen LogP contribution in [0.25, 0.3) is 0 Å². The van der Waals surface area contributed by atoms with Crippen molar-refractivity contribution in [3.63, 3.8) is 0 Å². The first kappa shape index (κ1) is 10.5. The van der Waals surface area contributed by atoms with Gasteiger partial charge in [0.05, 0.1) is 5.60 Å². The highest BCUT2D eigenvalue weighted by atomic mass is 16.3. The predicted molar refractivity (Wildman–Crippen MR) is 66.6 cm³/mol. The summed E-state index contributed by atoms with van der Waals surface area (Å²) < 4.78 is 0. The summed E-state index contributed by atoms with van der Waals surface area (Å²) in [7, 11) is 0. The third-order valence-corrected chi connectivity index (χ3v) is 3.53. The van der Waals surface area contributed by atoms with E-state index in [2.05, 4.69) is 11.1 Å². The number of benzene rings is 1. The van der Waals surface area contributed by atoms with Gasteiger partial charge in [-0.1, -0.05) is 30.3 Å². The smallest absolute Gasteiger partial charge is 0.0957 e. The molecule has 0 bridgehead atoms. The molecule has 0 amide bonds. The number of aliphatic hydroxyl groups is 1. The first-order valence-corrected chi connectivity index (χ1v) is 5.99. The summed E-state index contributed by atoms with van der Waals surface area (Å²) in [6.07, 6.45) is 4.13. The Kier molecular flexibility index (Phi) is 2.45. The van der Waals surface area contributed by atoms with E-state index >= 15 is 0 Å². The van der Waals surface area contributed by atoms with Crippen LogP contribution < -0.4 is 0 Å². The lowest BCUT2D eigenvalue weighted by atomic mass is 9.91. The number of pyridine rings is 1. The van der Waals surface area contributed by atoms with Crippen molar-refractivity contribution >= 4 is 0 Å². The molecule has 3 rings (SSSR count). The van der Waals surface area contributed by atoms with Gasteiger partial charge in [-0.05, 0) is 36.1 Å². The second-order valence-electron chi connectivity index (χ2n) is 4.69. The van der Waals surface area contributed by atoms with Crippen LogP contribution in [0.1, 0.15) is 23.2 Å². The average Bonchev–Trinajstić information content (AvgIpc) is 2.69. The Hall–Kier alpha value is -1.67. The van der Waals surface area contributed by atoms with Crippen molar-refractivity contribution in [1.29, 1.82) is 0 Å². The molecule has 0 saturated heterocycles. The van der Waals surface area contributed by atoms with E-state index < -0.39 is 5.60 Å². The summed E-state index contributed by atoms with van der Waals surface area (Å²) >= 11 is 0. The van der Waals surface area contributed by atoms with E-state index in [1.807, 2.05) is 36.4 Å². The minimum absolute atomic E-state index is 0.602. The number of nitrogens with zero attached hydrogens (tertiary/aromatic N) is 1. The Balaban J connectivity index is 1.94. The lowest BCUT2D eigenvalue weighted by molar-refractivity contribution is 0.0380. The first-order chi connectivity index (χ1) is 8.28. The summed E-state index contributed by atoms with van der Waals surface area (Å²) in [6, 6.07) is 14.0. The Bertz CT molecular complexity index is 523. The first-order valence-electron chi connectivity index (χ1n) is 5.99. The summed E-state index contributed by atoms with van der Waals surface area (Å²) in [4.78, 5) is 4.30. The van der Waals surface area contributed by atoms with Crippen LogP contribution in [0.15, 0.2) is 48.7 Å². The van der Waals surface area contributed by atoms with Crippen molar-refractivity contribution in [3.05, 3.63) is 65.5 Å². The zero-order valence-electron chi connectivity index (χ0n) is 9.63. The van der Waals surface area contributed by atoms with Gasteiger partial charge in [0, 0.05) is 18.3 Å². The molecule has 0 aliphatic heterocycles. The normalized spacial score (nSPS) is 22.4. The highest BCUT2D eigenvalue weighted by Crippen LogP contribution is 2.38. The van der Waals surface area contributed by atoms with Gasteiger partial charge in [-0.3, -0.25) is 4.98 Å². The summed E-state index contributed by atoms with van der Waals surface area (Å²) in [6.45, 7) is 0. The van der Waals surface area contributed by atoms with Crippen LogP contribution in [0.2, 0.25) is 0 Å². The summed E-state index contributed by atoms with van der Waals surface area (Å²) in [5, 5.41) is 10.8. The van der Waals surface area contributed by atoms with Crippen molar-refractivity contribution in [1.82, 2.24) is 4.98 Å². The van der Waals surface area contributed by atoms with Gasteiger partial charge in [0.2, 0.25) is 0 Å². The van der Waals surface area contributed by atoms with Gasteiger partial charge in [0.15, 0.2) is 0 Å². The van der Waals surface area contributed by atoms with E-state index in [1.54, 1.807) is 6.20 Å². The van der Waals surface area contributed by atoms with Gasteiger partial charge in [0.1, 0.15) is 0 Å². The third-order valence-electron chi connectivity index (χ3n) is 3.53. The maximum Gasteiger partial charge on any atom is 0.0957 e. The molecule has 1 aromatic carbocycles. The molecule has 0 unspecified atom stereocenters. The number of aromatic nitrogens is 1. The summed E-state index contributed by atoms with van der Waals surface area (Å²) in [5.74, 6) is 0. The molecular formula is C15H15NO. The Morgan fingerprint density at radius 3 is 2.76 bits per heavy atom. The fourth-order valence-corrected chi connectivity index (χ4v) is 2.65. The maximum atomic E-state index is 10.8. The van der Waals surface area contributed by atoms with E-state index in [-0.39, 0.29) is 0 Å². The predicted octanol–water partition coefficient (Wildman–Crippen LogP) is 2.46. The molecule has 0 fully saturated rings. The van der Waals surface area contributed by atoms with Crippen LogP contribution in [0.5, 0.6) is 0 Å². The number of aryl methyl sites for hydroxylation is 1. The third kappa shape index (κ3) is 1.85. The highest BCUT2D eigenvalue weighted by Gasteiger charge is 2.36. The maximum absolute atomic E-state index is 10.8. The molecule has 1 N–H and O–H groups in total. The van der Waals surface area contributed by atoms with Crippen LogP contribution in [0, 0.1) is 0 Å². The molecule has 17 heavy (non-hydrogen) atoms. The second kappa shape index (κ2) is 3.97. The van der Waals surface area contributed by atoms with Gasteiger partial charge in [-0.15, -0.1) is 0 Å². The standard InChI is InChI=1S/C15H15NO/c17-15(11-13-6-3-4-10-16-13)9-8-12-5-1-2-7-14(12)15/h1-7,10,17H,8-9,11H2/t15-/m0/s1. The van der Waals surface area contributed by atoms with Gasteiger partial charge in [-0.25, -0.2) is 0 Å². The van der Waals surface area contributed by atoms with Crippen molar-refractivity contribution in [2.45, 2.75) is 24.9 Å². The Morgan fingerprint density at radius 2 is 1.94 bits per heavy atom. The van der Waals surface area contributed by atoms with Crippen LogP contribution in [-0.2, 0) is 18.4 Å². The molecule has 1 aliphatic rings. The van der Waals surface area contributed by atoms with Crippen molar-refractivity contribution in [2.75, 3.05) is 0 Å². The van der Waals surface area contributed by atoms with Gasteiger partial charge < -0.3 is 5.11 Å². The van der Waals surface area contributed by atoms with E-state index in [0.717, 1.165) is 24.1 Å². The van der Waals surface area contributed by atoms with Crippen molar-refractivity contribution in [3.8, 4) is 0 Å². The molecule has 2 heteroatoms. The molecule has 2 aromatic rings. The lowest BCUT2D eigenvalue weighted by Crippen LogP contribution is -2.25. The monoisotopic (exact) mass is 225 g/mol. The molecule has 1 heterocycles. The zero-order valence-corrected chi connectivity index (χ0v) is 9.63. The van der Waals surface area contributed by atoms with Crippen LogP contribution >= 0.6 is 0 Å². The Labute approximate surface area is 101 Å². The molecule has 86 valence electrons. The van der Waals surface area contributed by atoms with Crippen molar-refractivity contribution < 1.29 is 5.11 Å². The number of rotatable bonds is 2. The SMILES string of the molecule is O[C@]1(Cc2ccccn2)CCc2ccccc21. The van der Waals surface area contributed by atoms with Crippen molar-refractivity contribution in [2.24, 2.45) is 0 Å². The lowest BCUT2D eigenvalue weighted by Gasteiger charge is -2.23. The quantitative estimate of drug-likeness (QED) is 0.851. The molecule has 0 radical (unpaired) electrons. The molecule has 1 aromatic heterocycles. The molecule has 0 saturated carbocycles. The second-order valence-corrected chi connectivity index (χ2v) is 4.69. The zero-order chi connectivity index (χ0) is 11.7. The molecule has 1 atom stereocenters. The molecule has 0 spiro atoms. The van der Waals surface area contributed by atoms with E-state index in [4.69, 9.17) is 0 Å². The van der Waals surface area contributed by atoms with Gasteiger partial charge >= 0.3 is 0 Å². The largest absolute Gasteiger partial charge is 0.385 e. The topological polar surface area (TPSA) is 33.1 Å². The van der Waals surface area contributed by atoms with Crippen LogP contribution in [0.3, 0.4) is 0 Å². The number of fused-ring (bicyclic) bond motifs is 1. The molecule has 2 nitrogen and oxygen atoms in total. The fourth-order valence-electron chi connectivity index (χ4n) is 2.65. The minimum atomic E-state index is -0.731. The number of hydrogen-bond acceptors (Lipinski definition) is 2. The molecule has 1 aliphatic carbocycles. The Morgan fingerprint density at radius 1 is 1.12 bits per heavy atom. The van der Waals surface area contributed by atoms with E-state index in [1.165, 1.54) is 5.56 Å². The molecular weight excluding hydrogens is 210 g/mol. The van der Waals surface area contributed by atoms with E-state index in [0.29, 0.717) is 6.42 Å².